The quantitative estimate of drug-likeness (QED) is 0.510. The van der Waals surface area contributed by atoms with Crippen molar-refractivity contribution in [3.8, 4) is 0 Å². The lowest BCUT2D eigenvalue weighted by atomic mass is 10.3. The van der Waals surface area contributed by atoms with E-state index in [0.717, 1.165) is 0 Å². The van der Waals surface area contributed by atoms with E-state index in [4.69, 9.17) is 4.74 Å². The van der Waals surface area contributed by atoms with Gasteiger partial charge in [-0.05, 0) is 12.2 Å². The van der Waals surface area contributed by atoms with Gasteiger partial charge in [0, 0.05) is 12.9 Å². The van der Waals surface area contributed by atoms with Gasteiger partial charge in [0.05, 0.1) is 6.10 Å². The normalized spacial score (nSPS) is 31.3. The smallest absolute Gasteiger partial charge is 0.0669 e. The lowest BCUT2D eigenvalue weighted by Crippen LogP contribution is -2.06. The average Bonchev–Trinajstić information content (AvgIpc) is 2.14. The first-order valence-corrected chi connectivity index (χ1v) is 3.69. The van der Waals surface area contributed by atoms with Gasteiger partial charge in [0.1, 0.15) is 0 Å². The van der Waals surface area contributed by atoms with Gasteiger partial charge in [-0.25, -0.2) is 0 Å². The Morgan fingerprint density at radius 1 is 1.71 bits per heavy atom. The Kier molecular flexibility index (Phi) is 2.00. The number of thioether (sulfide) groups is 1. The molecule has 0 aromatic rings. The summed E-state index contributed by atoms with van der Waals surface area (Å²) >= 11 is 1.98. The first-order chi connectivity index (χ1) is 3.43. The van der Waals surface area contributed by atoms with E-state index >= 15 is 0 Å². The summed E-state index contributed by atoms with van der Waals surface area (Å²) in [6.07, 6.45) is 1.81. The van der Waals surface area contributed by atoms with Crippen LogP contribution >= 0.6 is 11.8 Å². The molecule has 0 amide bonds. The van der Waals surface area contributed by atoms with E-state index < -0.39 is 0 Å². The molecular weight excluding hydrogens is 108 g/mol. The monoisotopic (exact) mass is 118 g/mol. The van der Waals surface area contributed by atoms with Crippen molar-refractivity contribution >= 4 is 11.8 Å². The van der Waals surface area contributed by atoms with Crippen molar-refractivity contribution in [2.24, 2.45) is 0 Å². The third-order valence-corrected chi connectivity index (χ3v) is 2.35. The van der Waals surface area contributed by atoms with Gasteiger partial charge < -0.3 is 4.74 Å². The molecule has 1 nitrogen and oxygen atoms in total. The minimum absolute atomic E-state index is 0.560. The maximum absolute atomic E-state index is 5.09. The van der Waals surface area contributed by atoms with Crippen molar-refractivity contribution in [3.05, 3.63) is 0 Å². The van der Waals surface area contributed by atoms with Crippen molar-refractivity contribution in [3.63, 3.8) is 0 Å². The molecule has 0 aromatic carbocycles. The van der Waals surface area contributed by atoms with Gasteiger partial charge in [-0.15, -0.1) is 0 Å². The average molecular weight is 118 g/mol. The van der Waals surface area contributed by atoms with E-state index in [1.807, 2.05) is 11.8 Å². The van der Waals surface area contributed by atoms with E-state index in [-0.39, 0.29) is 0 Å². The van der Waals surface area contributed by atoms with Crippen LogP contribution in [-0.4, -0.2) is 24.7 Å². The van der Waals surface area contributed by atoms with Gasteiger partial charge >= 0.3 is 0 Å². The second-order valence-electron chi connectivity index (χ2n) is 1.72. The van der Waals surface area contributed by atoms with E-state index in [9.17, 15) is 0 Å². The van der Waals surface area contributed by atoms with Crippen molar-refractivity contribution in [1.29, 1.82) is 0 Å². The highest BCUT2D eigenvalue weighted by molar-refractivity contribution is 7.99. The van der Waals surface area contributed by atoms with Crippen LogP contribution in [0.15, 0.2) is 0 Å². The molecule has 0 bridgehead atoms. The lowest BCUT2D eigenvalue weighted by molar-refractivity contribution is 0.124. The fourth-order valence-corrected chi connectivity index (χ4v) is 1.86. The topological polar surface area (TPSA) is 9.23 Å². The van der Waals surface area contributed by atoms with Crippen LogP contribution < -0.4 is 0 Å². The Morgan fingerprint density at radius 3 is 2.86 bits per heavy atom. The van der Waals surface area contributed by atoms with Gasteiger partial charge in [-0.2, -0.15) is 11.8 Å². The number of hydrogen-bond acceptors (Lipinski definition) is 2. The van der Waals surface area contributed by atoms with Crippen molar-refractivity contribution in [2.45, 2.75) is 12.5 Å². The summed E-state index contributed by atoms with van der Waals surface area (Å²) in [5, 5.41) is 0. The molecule has 7 heavy (non-hydrogen) atoms. The van der Waals surface area contributed by atoms with Crippen molar-refractivity contribution in [2.75, 3.05) is 18.6 Å². The Hall–Kier alpha value is 0.310. The number of rotatable bonds is 1. The van der Waals surface area contributed by atoms with Crippen LogP contribution in [-0.2, 0) is 4.74 Å². The van der Waals surface area contributed by atoms with Crippen LogP contribution in [0.3, 0.4) is 0 Å². The summed E-state index contributed by atoms with van der Waals surface area (Å²) in [6, 6.07) is 0. The van der Waals surface area contributed by atoms with E-state index in [1.165, 1.54) is 17.9 Å². The zero-order chi connectivity index (χ0) is 5.11. The fraction of sp³-hybridized carbons (Fsp3) is 1.00. The van der Waals surface area contributed by atoms with Gasteiger partial charge in [-0.3, -0.25) is 0 Å². The molecule has 2 heteroatoms. The molecule has 0 saturated carbocycles. The molecule has 1 heterocycles. The lowest BCUT2D eigenvalue weighted by Gasteiger charge is -2.01. The second-order valence-corrected chi connectivity index (χ2v) is 2.87. The molecule has 0 unspecified atom stereocenters. The summed E-state index contributed by atoms with van der Waals surface area (Å²) in [5.41, 5.74) is 0. The molecule has 1 atom stereocenters. The van der Waals surface area contributed by atoms with E-state index in [1.54, 1.807) is 7.11 Å². The summed E-state index contributed by atoms with van der Waals surface area (Å²) in [7, 11) is 1.79. The number of hydrogen-bond donors (Lipinski definition) is 0. The predicted molar refractivity (Wildman–Crippen MR) is 32.7 cm³/mol. The zero-order valence-corrected chi connectivity index (χ0v) is 5.33. The summed E-state index contributed by atoms with van der Waals surface area (Å²) in [4.78, 5) is 0. The van der Waals surface area contributed by atoms with Crippen molar-refractivity contribution < 1.29 is 4.74 Å². The van der Waals surface area contributed by atoms with Gasteiger partial charge in [-0.1, -0.05) is 0 Å². The Morgan fingerprint density at radius 2 is 2.57 bits per heavy atom. The standard InChI is InChI=1S/C5H10OS/c1-6-5-2-3-7-4-5/h5H,2-4H2,1H3/t5-/m0/s1. The molecule has 1 rings (SSSR count). The molecule has 0 N–H and O–H groups in total. The van der Waals surface area contributed by atoms with E-state index in [2.05, 4.69) is 0 Å². The summed E-state index contributed by atoms with van der Waals surface area (Å²) in [6.45, 7) is 0. The Labute approximate surface area is 48.4 Å². The molecule has 1 fully saturated rings. The second kappa shape index (κ2) is 2.58. The highest BCUT2D eigenvalue weighted by atomic mass is 32.2. The predicted octanol–water partition coefficient (Wildman–Crippen LogP) is 1.14. The highest BCUT2D eigenvalue weighted by Gasteiger charge is 2.12. The molecule has 1 aliphatic heterocycles. The summed E-state index contributed by atoms with van der Waals surface area (Å²) in [5.74, 6) is 2.50. The number of ether oxygens (including phenoxy) is 1. The first kappa shape index (κ1) is 5.45. The van der Waals surface area contributed by atoms with Crippen LogP contribution in [0.2, 0.25) is 0 Å². The third kappa shape index (κ3) is 1.35. The van der Waals surface area contributed by atoms with Gasteiger partial charge in [0.25, 0.3) is 0 Å². The van der Waals surface area contributed by atoms with Gasteiger partial charge in [0.2, 0.25) is 0 Å². The molecule has 0 spiro atoms. The SMILES string of the molecule is CO[C@H]1CCSC1. The molecule has 0 radical (unpaired) electrons. The molecule has 0 aromatic heterocycles. The summed E-state index contributed by atoms with van der Waals surface area (Å²) < 4.78 is 5.09. The zero-order valence-electron chi connectivity index (χ0n) is 4.52. The number of methoxy groups -OCH3 is 1. The van der Waals surface area contributed by atoms with Crippen LogP contribution in [0.4, 0.5) is 0 Å². The molecule has 42 valence electrons. The van der Waals surface area contributed by atoms with Crippen LogP contribution in [0.25, 0.3) is 0 Å². The minimum Gasteiger partial charge on any atom is -0.381 e. The first-order valence-electron chi connectivity index (χ1n) is 2.54. The molecular formula is C5H10OS. The maximum atomic E-state index is 5.09. The minimum atomic E-state index is 0.560. The molecule has 1 aliphatic rings. The van der Waals surface area contributed by atoms with Crippen LogP contribution in [0.5, 0.6) is 0 Å². The van der Waals surface area contributed by atoms with Crippen LogP contribution in [0, 0.1) is 0 Å². The third-order valence-electron chi connectivity index (χ3n) is 1.22. The molecule has 1 saturated heterocycles. The molecule has 0 aliphatic carbocycles. The Bertz CT molecular complexity index is 50.0. The Balaban J connectivity index is 2.14. The van der Waals surface area contributed by atoms with E-state index in [0.29, 0.717) is 6.10 Å². The highest BCUT2D eigenvalue weighted by Crippen LogP contribution is 2.18. The van der Waals surface area contributed by atoms with Gasteiger partial charge in [0.15, 0.2) is 0 Å². The fourth-order valence-electron chi connectivity index (χ4n) is 0.699. The van der Waals surface area contributed by atoms with Crippen LogP contribution in [0.1, 0.15) is 6.42 Å². The maximum Gasteiger partial charge on any atom is 0.0669 e. The van der Waals surface area contributed by atoms with Crippen molar-refractivity contribution in [1.82, 2.24) is 0 Å². The largest absolute Gasteiger partial charge is 0.381 e.